The van der Waals surface area contributed by atoms with Gasteiger partial charge in [-0.15, -0.1) is 0 Å². The Kier molecular flexibility index (Phi) is 6.99. The maximum atomic E-state index is 13.5. The van der Waals surface area contributed by atoms with Crippen molar-refractivity contribution in [2.24, 2.45) is 10.9 Å². The number of hydrogen-bond donors (Lipinski definition) is 1. The molecule has 4 rings (SSSR count). The first-order chi connectivity index (χ1) is 15.1. The number of aromatic nitrogens is 2. The van der Waals surface area contributed by atoms with Crippen molar-refractivity contribution in [2.45, 2.75) is 33.2 Å². The Balaban J connectivity index is 1.42. The van der Waals surface area contributed by atoms with E-state index in [9.17, 15) is 4.39 Å². The predicted molar refractivity (Wildman–Crippen MR) is 123 cm³/mol. The summed E-state index contributed by atoms with van der Waals surface area (Å²) in [4.78, 5) is 15.8. The number of halogens is 2. The van der Waals surface area contributed by atoms with Gasteiger partial charge in [0, 0.05) is 25.3 Å². The molecule has 31 heavy (non-hydrogen) atoms. The zero-order valence-corrected chi connectivity index (χ0v) is 18.8. The molecule has 7 nitrogen and oxygen atoms in total. The van der Waals surface area contributed by atoms with E-state index in [4.69, 9.17) is 11.6 Å². The molecule has 9 heteroatoms. The summed E-state index contributed by atoms with van der Waals surface area (Å²) in [6.07, 6.45) is 5.70. The van der Waals surface area contributed by atoms with Gasteiger partial charge < -0.3 is 10.2 Å². The fraction of sp³-hybridized carbons (Fsp3) is 0.500. The maximum Gasteiger partial charge on any atom is 0.164 e. The monoisotopic (exact) mass is 445 g/mol. The van der Waals surface area contributed by atoms with Crippen LogP contribution < -0.4 is 5.32 Å². The molecule has 3 heterocycles. The zero-order valence-electron chi connectivity index (χ0n) is 18.1. The number of nitrogens with zero attached hydrogens (tertiary/aromatic N) is 6. The van der Waals surface area contributed by atoms with Crippen molar-refractivity contribution in [3.63, 3.8) is 0 Å². The molecule has 1 N–H and O–H groups in total. The standard InChI is InChI=1S/C22H29ClFN7/c1-3-29(4-2)12-16-7-9-30(10-8-16)31-13-18-21(27-15-31)25-14-26-22(18)28-17-5-6-20(24)19(23)11-17/h5-6,11,14-16H,3-4,7-10,12-13H2,1-2H3,(H,25,26,28). The molecule has 0 amide bonds. The van der Waals surface area contributed by atoms with Gasteiger partial charge in [-0.1, -0.05) is 25.4 Å². The summed E-state index contributed by atoms with van der Waals surface area (Å²) < 4.78 is 13.5. The van der Waals surface area contributed by atoms with E-state index < -0.39 is 5.82 Å². The SMILES string of the molecule is CCN(CC)CC1CCN(N2C=Nc3ncnc(Nc4ccc(F)c(Cl)c4)c3C2)CC1. The number of hydrogen-bond acceptors (Lipinski definition) is 7. The molecule has 2 aromatic rings. The molecule has 0 spiro atoms. The molecule has 0 bridgehead atoms. The molecule has 0 unspecified atom stereocenters. The fourth-order valence-corrected chi connectivity index (χ4v) is 4.36. The summed E-state index contributed by atoms with van der Waals surface area (Å²) in [6, 6.07) is 4.53. The van der Waals surface area contributed by atoms with Crippen LogP contribution in [0.1, 0.15) is 32.3 Å². The number of fused-ring (bicyclic) bond motifs is 1. The fourth-order valence-electron chi connectivity index (χ4n) is 4.18. The Labute approximate surface area is 187 Å². The molecular formula is C22H29ClFN7. The van der Waals surface area contributed by atoms with Crippen LogP contribution >= 0.6 is 11.6 Å². The van der Waals surface area contributed by atoms with E-state index in [0.29, 0.717) is 23.9 Å². The van der Waals surface area contributed by atoms with Gasteiger partial charge >= 0.3 is 0 Å². The van der Waals surface area contributed by atoms with Gasteiger partial charge in [0.2, 0.25) is 0 Å². The first-order valence-electron chi connectivity index (χ1n) is 10.9. The van der Waals surface area contributed by atoms with Crippen LogP contribution in [0.2, 0.25) is 5.02 Å². The topological polar surface area (TPSA) is 59.9 Å². The number of piperidine rings is 1. The lowest BCUT2D eigenvalue weighted by atomic mass is 9.97. The van der Waals surface area contributed by atoms with Crippen molar-refractivity contribution < 1.29 is 4.39 Å². The van der Waals surface area contributed by atoms with E-state index in [1.54, 1.807) is 12.1 Å². The van der Waals surface area contributed by atoms with Gasteiger partial charge in [-0.25, -0.2) is 24.4 Å². The van der Waals surface area contributed by atoms with Crippen LogP contribution in [0, 0.1) is 11.7 Å². The second kappa shape index (κ2) is 9.89. The van der Waals surface area contributed by atoms with Crippen molar-refractivity contribution in [2.75, 3.05) is 38.0 Å². The summed E-state index contributed by atoms with van der Waals surface area (Å²) in [7, 11) is 0. The maximum absolute atomic E-state index is 13.5. The van der Waals surface area contributed by atoms with Gasteiger partial charge in [-0.05, 0) is 50.0 Å². The normalized spacial score (nSPS) is 17.3. The van der Waals surface area contributed by atoms with E-state index in [2.05, 4.69) is 49.0 Å². The molecule has 0 atom stereocenters. The van der Waals surface area contributed by atoms with E-state index in [1.807, 2.05) is 6.34 Å². The average Bonchev–Trinajstić information content (AvgIpc) is 2.80. The molecule has 1 saturated heterocycles. The zero-order chi connectivity index (χ0) is 21.8. The van der Waals surface area contributed by atoms with Gasteiger partial charge in [0.15, 0.2) is 5.82 Å². The number of nitrogens with one attached hydrogen (secondary N) is 1. The minimum atomic E-state index is -0.447. The van der Waals surface area contributed by atoms with Gasteiger partial charge in [0.1, 0.15) is 24.3 Å². The minimum absolute atomic E-state index is 0.0696. The van der Waals surface area contributed by atoms with Crippen LogP contribution in [-0.4, -0.2) is 63.9 Å². The van der Waals surface area contributed by atoms with Gasteiger partial charge in [0.25, 0.3) is 0 Å². The number of benzene rings is 1. The second-order valence-electron chi connectivity index (χ2n) is 8.00. The summed E-state index contributed by atoms with van der Waals surface area (Å²) in [6.45, 7) is 10.5. The third-order valence-electron chi connectivity index (χ3n) is 6.10. The molecule has 0 saturated carbocycles. The molecule has 0 aliphatic carbocycles. The van der Waals surface area contributed by atoms with Crippen LogP contribution in [0.25, 0.3) is 0 Å². The minimum Gasteiger partial charge on any atom is -0.340 e. The van der Waals surface area contributed by atoms with Crippen molar-refractivity contribution in [3.8, 4) is 0 Å². The quantitative estimate of drug-likeness (QED) is 0.679. The van der Waals surface area contributed by atoms with Gasteiger partial charge in [-0.3, -0.25) is 5.01 Å². The predicted octanol–water partition coefficient (Wildman–Crippen LogP) is 4.46. The Morgan fingerprint density at radius 2 is 1.97 bits per heavy atom. The van der Waals surface area contributed by atoms with E-state index in [0.717, 1.165) is 37.7 Å². The molecule has 0 radical (unpaired) electrons. The molecule has 2 aliphatic heterocycles. The van der Waals surface area contributed by atoms with Crippen molar-refractivity contribution in [1.29, 1.82) is 0 Å². The van der Waals surface area contributed by atoms with Crippen LogP contribution in [0.4, 0.5) is 21.7 Å². The second-order valence-corrected chi connectivity index (χ2v) is 8.41. The number of aliphatic imine (C=N–C) groups is 1. The summed E-state index contributed by atoms with van der Waals surface area (Å²) >= 11 is 5.92. The molecule has 1 aromatic carbocycles. The highest BCUT2D eigenvalue weighted by molar-refractivity contribution is 6.31. The molecule has 166 valence electrons. The molecule has 2 aliphatic rings. The largest absolute Gasteiger partial charge is 0.340 e. The highest BCUT2D eigenvalue weighted by Crippen LogP contribution is 2.31. The van der Waals surface area contributed by atoms with Crippen molar-refractivity contribution in [1.82, 2.24) is 24.9 Å². The van der Waals surface area contributed by atoms with E-state index in [1.165, 1.54) is 31.8 Å². The van der Waals surface area contributed by atoms with E-state index >= 15 is 0 Å². The molecule has 1 fully saturated rings. The summed E-state index contributed by atoms with van der Waals surface area (Å²) in [5, 5.41) is 7.82. The van der Waals surface area contributed by atoms with Crippen LogP contribution in [0.3, 0.4) is 0 Å². The summed E-state index contributed by atoms with van der Waals surface area (Å²) in [5.74, 6) is 1.61. The highest BCUT2D eigenvalue weighted by atomic mass is 35.5. The first kappa shape index (κ1) is 21.9. The lowest BCUT2D eigenvalue weighted by Gasteiger charge is -2.40. The summed E-state index contributed by atoms with van der Waals surface area (Å²) in [5.41, 5.74) is 1.58. The third-order valence-corrected chi connectivity index (χ3v) is 6.39. The van der Waals surface area contributed by atoms with Crippen LogP contribution in [-0.2, 0) is 6.54 Å². The van der Waals surface area contributed by atoms with Gasteiger partial charge in [-0.2, -0.15) is 0 Å². The lowest BCUT2D eigenvalue weighted by Crippen LogP contribution is -2.48. The Bertz CT molecular complexity index is 926. The number of anilines is 2. The van der Waals surface area contributed by atoms with Crippen molar-refractivity contribution >= 4 is 35.3 Å². The Morgan fingerprint density at radius 1 is 1.19 bits per heavy atom. The highest BCUT2D eigenvalue weighted by Gasteiger charge is 2.27. The number of rotatable bonds is 7. The number of hydrazine groups is 1. The van der Waals surface area contributed by atoms with Crippen LogP contribution in [0.15, 0.2) is 29.5 Å². The molecule has 1 aromatic heterocycles. The Morgan fingerprint density at radius 3 is 2.68 bits per heavy atom. The lowest BCUT2D eigenvalue weighted by molar-refractivity contribution is 0.00285. The smallest absolute Gasteiger partial charge is 0.164 e. The average molecular weight is 446 g/mol. The molecular weight excluding hydrogens is 417 g/mol. The van der Waals surface area contributed by atoms with E-state index in [-0.39, 0.29) is 5.02 Å². The van der Waals surface area contributed by atoms with Gasteiger partial charge in [0.05, 0.1) is 17.1 Å². The van der Waals surface area contributed by atoms with Crippen molar-refractivity contribution in [3.05, 3.63) is 40.9 Å². The first-order valence-corrected chi connectivity index (χ1v) is 11.3. The third kappa shape index (κ3) is 5.14. The Hall–Kier alpha value is -2.29. The van der Waals surface area contributed by atoms with Crippen LogP contribution in [0.5, 0.6) is 0 Å².